The van der Waals surface area contributed by atoms with Crippen LogP contribution in [0.5, 0.6) is 11.5 Å². The van der Waals surface area contributed by atoms with Crippen molar-refractivity contribution in [2.75, 3.05) is 12.4 Å². The summed E-state index contributed by atoms with van der Waals surface area (Å²) in [6.45, 7) is 0. The van der Waals surface area contributed by atoms with Crippen molar-refractivity contribution < 1.29 is 14.6 Å². The highest BCUT2D eigenvalue weighted by Crippen LogP contribution is 2.27. The Morgan fingerprint density at radius 1 is 1.03 bits per heavy atom. The fourth-order valence-corrected chi connectivity index (χ4v) is 2.65. The van der Waals surface area contributed by atoms with E-state index in [0.29, 0.717) is 22.6 Å². The highest BCUT2D eigenvalue weighted by atomic mass is 16.5. The number of benzene rings is 3. The number of phenols is 1. The molecule has 0 aliphatic carbocycles. The Kier molecular flexibility index (Phi) is 4.85. The molecule has 0 unspecified atom stereocenters. The van der Waals surface area contributed by atoms with Crippen LogP contribution in [0, 0.1) is 0 Å². The molecule has 0 radical (unpaired) electrons. The van der Waals surface area contributed by atoms with Gasteiger partial charge in [0.15, 0.2) is 0 Å². The van der Waals surface area contributed by atoms with Crippen molar-refractivity contribution in [2.24, 2.45) is 10.2 Å². The van der Waals surface area contributed by atoms with Crippen LogP contribution in [0.15, 0.2) is 70.9 Å². The number of hydrogen-bond donors (Lipinski definition) is 3. The number of nitrogens with one attached hydrogen (secondary N) is 2. The molecular weight excluding hydrogens is 372 g/mol. The number of methoxy groups -OCH3 is 1. The molecule has 3 aromatic carbocycles. The van der Waals surface area contributed by atoms with E-state index in [1.807, 2.05) is 0 Å². The lowest BCUT2D eigenvalue weighted by Crippen LogP contribution is -2.11. The summed E-state index contributed by atoms with van der Waals surface area (Å²) in [5.41, 5.74) is 3.04. The second kappa shape index (κ2) is 7.77. The second-order valence-corrected chi connectivity index (χ2v) is 6.10. The first-order chi connectivity index (χ1) is 14.1. The summed E-state index contributed by atoms with van der Waals surface area (Å²) in [5, 5.41) is 31.4. The number of rotatable bonds is 5. The Morgan fingerprint density at radius 2 is 1.79 bits per heavy atom. The van der Waals surface area contributed by atoms with Gasteiger partial charge in [0.2, 0.25) is 0 Å². The minimum Gasteiger partial charge on any atom is -0.507 e. The number of H-pyrrole nitrogens is 1. The lowest BCUT2D eigenvalue weighted by atomic mass is 10.1. The lowest BCUT2D eigenvalue weighted by Gasteiger charge is -2.07. The summed E-state index contributed by atoms with van der Waals surface area (Å²) in [7, 11) is 1.59. The SMILES string of the molecule is COc1ccc(/N=N/c2ccc(O)c(C(=O)Nc3ccc4[nH]nnc4c3)c2)cc1. The predicted octanol–water partition coefficient (Wildman–Crippen LogP) is 4.34. The number of fused-ring (bicyclic) bond motifs is 1. The largest absolute Gasteiger partial charge is 0.507 e. The predicted molar refractivity (Wildman–Crippen MR) is 107 cm³/mol. The molecule has 0 aliphatic rings. The standard InChI is InChI=1S/C20H16N6O3/c1-29-15-6-2-12(3-7-15)22-23-14-5-9-19(27)16(10-14)20(28)21-13-4-8-17-18(11-13)25-26-24-17/h2-11,27H,1H3,(H,21,28)(H,24,25,26)/b23-22+. The van der Waals surface area contributed by atoms with Gasteiger partial charge in [0.05, 0.1) is 29.6 Å². The van der Waals surface area contributed by atoms with Crippen molar-refractivity contribution in [3.8, 4) is 11.5 Å². The molecule has 9 heteroatoms. The van der Waals surface area contributed by atoms with Crippen LogP contribution in [0.2, 0.25) is 0 Å². The zero-order valence-corrected chi connectivity index (χ0v) is 15.3. The zero-order valence-electron chi connectivity index (χ0n) is 15.3. The van der Waals surface area contributed by atoms with Gasteiger partial charge < -0.3 is 15.2 Å². The molecule has 1 amide bonds. The molecule has 0 saturated carbocycles. The molecule has 4 rings (SSSR count). The topological polar surface area (TPSA) is 125 Å². The number of phenolic OH excluding ortho intramolecular Hbond substituents is 1. The monoisotopic (exact) mass is 388 g/mol. The molecule has 1 heterocycles. The summed E-state index contributed by atoms with van der Waals surface area (Å²) in [6.07, 6.45) is 0. The maximum atomic E-state index is 12.6. The van der Waals surface area contributed by atoms with Crippen molar-refractivity contribution in [1.29, 1.82) is 0 Å². The van der Waals surface area contributed by atoms with E-state index in [1.54, 1.807) is 55.6 Å². The van der Waals surface area contributed by atoms with Crippen molar-refractivity contribution in [3.05, 3.63) is 66.2 Å². The van der Waals surface area contributed by atoms with Gasteiger partial charge in [-0.1, -0.05) is 5.21 Å². The van der Waals surface area contributed by atoms with Crippen LogP contribution in [-0.2, 0) is 0 Å². The van der Waals surface area contributed by atoms with Gasteiger partial charge >= 0.3 is 0 Å². The second-order valence-electron chi connectivity index (χ2n) is 6.10. The van der Waals surface area contributed by atoms with Gasteiger partial charge in [-0.3, -0.25) is 9.89 Å². The van der Waals surface area contributed by atoms with Crippen LogP contribution in [-0.4, -0.2) is 33.5 Å². The van der Waals surface area contributed by atoms with Gasteiger partial charge in [-0.25, -0.2) is 0 Å². The van der Waals surface area contributed by atoms with E-state index in [0.717, 1.165) is 11.3 Å². The number of aromatic hydroxyl groups is 1. The van der Waals surface area contributed by atoms with Crippen LogP contribution in [0.25, 0.3) is 11.0 Å². The minimum absolute atomic E-state index is 0.0800. The van der Waals surface area contributed by atoms with E-state index in [-0.39, 0.29) is 11.3 Å². The molecule has 1 aromatic heterocycles. The molecule has 3 N–H and O–H groups in total. The van der Waals surface area contributed by atoms with E-state index in [1.165, 1.54) is 12.1 Å². The summed E-state index contributed by atoms with van der Waals surface area (Å²) in [6, 6.07) is 16.7. The molecule has 29 heavy (non-hydrogen) atoms. The van der Waals surface area contributed by atoms with Gasteiger partial charge in [0.1, 0.15) is 17.0 Å². The number of ether oxygens (including phenoxy) is 1. The van der Waals surface area contributed by atoms with Crippen LogP contribution < -0.4 is 10.1 Å². The van der Waals surface area contributed by atoms with Gasteiger partial charge in [0, 0.05) is 5.69 Å². The molecule has 0 aliphatic heterocycles. The lowest BCUT2D eigenvalue weighted by molar-refractivity contribution is 0.102. The molecule has 0 atom stereocenters. The molecule has 144 valence electrons. The quantitative estimate of drug-likeness (QED) is 0.439. The average Bonchev–Trinajstić information content (AvgIpc) is 3.21. The maximum absolute atomic E-state index is 12.6. The first kappa shape index (κ1) is 18.1. The normalized spacial score (nSPS) is 11.1. The molecule has 4 aromatic rings. The molecule has 0 fully saturated rings. The van der Waals surface area contributed by atoms with Crippen molar-refractivity contribution in [2.45, 2.75) is 0 Å². The molecular formula is C20H16N6O3. The van der Waals surface area contributed by atoms with E-state index in [9.17, 15) is 9.90 Å². The summed E-state index contributed by atoms with van der Waals surface area (Å²) >= 11 is 0. The summed E-state index contributed by atoms with van der Waals surface area (Å²) < 4.78 is 5.10. The number of amides is 1. The Hall–Kier alpha value is -4.27. The van der Waals surface area contributed by atoms with E-state index in [2.05, 4.69) is 31.0 Å². The smallest absolute Gasteiger partial charge is 0.259 e. The fraction of sp³-hybridized carbons (Fsp3) is 0.0500. The van der Waals surface area contributed by atoms with Gasteiger partial charge in [-0.05, 0) is 60.7 Å². The third-order valence-corrected chi connectivity index (χ3v) is 4.16. The summed E-state index contributed by atoms with van der Waals surface area (Å²) in [4.78, 5) is 12.6. The Bertz CT molecular complexity index is 1200. The summed E-state index contributed by atoms with van der Waals surface area (Å²) in [5.74, 6) is 0.0802. The van der Waals surface area contributed by atoms with Gasteiger partial charge in [-0.2, -0.15) is 10.2 Å². The van der Waals surface area contributed by atoms with Crippen molar-refractivity contribution in [1.82, 2.24) is 15.4 Å². The van der Waals surface area contributed by atoms with E-state index >= 15 is 0 Å². The van der Waals surface area contributed by atoms with Crippen LogP contribution in [0.4, 0.5) is 17.1 Å². The Morgan fingerprint density at radius 3 is 2.59 bits per heavy atom. The number of aromatic nitrogens is 3. The third-order valence-electron chi connectivity index (χ3n) is 4.16. The average molecular weight is 388 g/mol. The van der Waals surface area contributed by atoms with Crippen LogP contribution >= 0.6 is 0 Å². The number of anilines is 1. The number of azo groups is 1. The van der Waals surface area contributed by atoms with E-state index in [4.69, 9.17) is 4.74 Å². The van der Waals surface area contributed by atoms with Gasteiger partial charge in [-0.15, -0.1) is 5.10 Å². The molecule has 0 saturated heterocycles. The van der Waals surface area contributed by atoms with Crippen LogP contribution in [0.1, 0.15) is 10.4 Å². The Labute approximate surface area is 165 Å². The molecule has 9 nitrogen and oxygen atoms in total. The first-order valence-corrected chi connectivity index (χ1v) is 8.63. The fourth-order valence-electron chi connectivity index (χ4n) is 2.65. The van der Waals surface area contributed by atoms with Crippen molar-refractivity contribution >= 4 is 34.0 Å². The van der Waals surface area contributed by atoms with Crippen molar-refractivity contribution in [3.63, 3.8) is 0 Å². The number of nitrogens with zero attached hydrogens (tertiary/aromatic N) is 4. The maximum Gasteiger partial charge on any atom is 0.259 e. The minimum atomic E-state index is -0.480. The number of aromatic amines is 1. The number of carbonyl (C=O) groups is 1. The highest BCUT2D eigenvalue weighted by Gasteiger charge is 2.13. The molecule has 0 bridgehead atoms. The Balaban J connectivity index is 1.53. The molecule has 0 spiro atoms. The third kappa shape index (κ3) is 4.03. The number of hydrogen-bond acceptors (Lipinski definition) is 7. The van der Waals surface area contributed by atoms with E-state index < -0.39 is 5.91 Å². The zero-order chi connectivity index (χ0) is 20.2. The van der Waals surface area contributed by atoms with Gasteiger partial charge in [0.25, 0.3) is 5.91 Å². The van der Waals surface area contributed by atoms with Crippen LogP contribution in [0.3, 0.4) is 0 Å². The first-order valence-electron chi connectivity index (χ1n) is 8.63. The number of carbonyl (C=O) groups excluding carboxylic acids is 1. The highest BCUT2D eigenvalue weighted by molar-refractivity contribution is 6.07.